The summed E-state index contributed by atoms with van der Waals surface area (Å²) in [4.78, 5) is 4.46. The highest BCUT2D eigenvalue weighted by Crippen LogP contribution is 2.16. The fraction of sp³-hybridized carbons (Fsp3) is 0.500. The van der Waals surface area contributed by atoms with Crippen molar-refractivity contribution in [2.75, 3.05) is 6.54 Å². The average Bonchev–Trinajstić information content (AvgIpc) is 2.40. The molecule has 0 saturated carbocycles. The summed E-state index contributed by atoms with van der Waals surface area (Å²) in [6.07, 6.45) is 1.02. The molecule has 1 unspecified atom stereocenters. The van der Waals surface area contributed by atoms with E-state index in [-0.39, 0.29) is 29.0 Å². The Hall–Kier alpha value is -0.560. The van der Waals surface area contributed by atoms with Crippen molar-refractivity contribution in [2.24, 2.45) is 4.99 Å². The molecule has 0 aromatic heterocycles. The summed E-state index contributed by atoms with van der Waals surface area (Å²) in [7, 11) is 0. The maximum absolute atomic E-state index is 13.0. The Morgan fingerprint density at radius 1 is 1.40 bits per heavy atom. The number of hydrogen-bond acceptors (Lipinski definition) is 1. The summed E-state index contributed by atoms with van der Waals surface area (Å²) >= 11 is 5.74. The van der Waals surface area contributed by atoms with E-state index in [1.54, 1.807) is 12.1 Å². The van der Waals surface area contributed by atoms with E-state index in [0.29, 0.717) is 12.6 Å². The molecule has 2 N–H and O–H groups in total. The van der Waals surface area contributed by atoms with Gasteiger partial charge in [-0.2, -0.15) is 0 Å². The number of rotatable bonds is 5. The Morgan fingerprint density at radius 3 is 2.65 bits per heavy atom. The van der Waals surface area contributed by atoms with Crippen molar-refractivity contribution in [1.29, 1.82) is 0 Å². The Bertz CT molecular complexity index is 440. The van der Waals surface area contributed by atoms with E-state index in [2.05, 4.69) is 29.5 Å². The molecule has 1 atom stereocenters. The third-order valence-corrected chi connectivity index (χ3v) is 3.03. The molecule has 1 aromatic carbocycles. The van der Waals surface area contributed by atoms with E-state index in [1.807, 2.05) is 6.92 Å². The second kappa shape index (κ2) is 10.2. The van der Waals surface area contributed by atoms with E-state index in [4.69, 9.17) is 11.6 Å². The molecule has 0 heterocycles. The quantitative estimate of drug-likeness (QED) is 0.436. The lowest BCUT2D eigenvalue weighted by Crippen LogP contribution is -2.41. The minimum atomic E-state index is -0.404. The molecule has 0 saturated heterocycles. The van der Waals surface area contributed by atoms with Gasteiger partial charge >= 0.3 is 0 Å². The van der Waals surface area contributed by atoms with Gasteiger partial charge in [-0.15, -0.1) is 24.0 Å². The summed E-state index contributed by atoms with van der Waals surface area (Å²) in [5.41, 5.74) is 0.882. The molecule has 0 spiro atoms. The molecule has 6 heteroatoms. The first kappa shape index (κ1) is 19.4. The van der Waals surface area contributed by atoms with Gasteiger partial charge in [-0.3, -0.25) is 0 Å². The molecule has 0 bridgehead atoms. The summed E-state index contributed by atoms with van der Waals surface area (Å²) in [5, 5.41) is 6.60. The van der Waals surface area contributed by atoms with Crippen molar-refractivity contribution in [3.05, 3.63) is 34.6 Å². The molecule has 1 rings (SSSR count). The average molecular weight is 414 g/mol. The third-order valence-electron chi connectivity index (χ3n) is 2.74. The van der Waals surface area contributed by atoms with Gasteiger partial charge in [-0.25, -0.2) is 9.38 Å². The van der Waals surface area contributed by atoms with Crippen LogP contribution in [0.5, 0.6) is 0 Å². The molecule has 3 nitrogen and oxygen atoms in total. The van der Waals surface area contributed by atoms with Gasteiger partial charge in [0.25, 0.3) is 0 Å². The highest BCUT2D eigenvalue weighted by molar-refractivity contribution is 14.0. The Balaban J connectivity index is 0.00000361. The van der Waals surface area contributed by atoms with Crippen LogP contribution in [0.3, 0.4) is 0 Å². The van der Waals surface area contributed by atoms with E-state index < -0.39 is 5.82 Å². The fourth-order valence-electron chi connectivity index (χ4n) is 1.46. The summed E-state index contributed by atoms with van der Waals surface area (Å²) in [6, 6.07) is 5.02. The molecule has 0 radical (unpaired) electrons. The third kappa shape index (κ3) is 6.74. The van der Waals surface area contributed by atoms with Crippen LogP contribution < -0.4 is 10.6 Å². The van der Waals surface area contributed by atoms with Crippen LogP contribution in [0.25, 0.3) is 0 Å². The first-order chi connectivity index (χ1) is 9.06. The molecule has 114 valence electrons. The van der Waals surface area contributed by atoms with Crippen molar-refractivity contribution in [3.8, 4) is 0 Å². The van der Waals surface area contributed by atoms with Crippen molar-refractivity contribution in [2.45, 2.75) is 39.8 Å². The fourth-order valence-corrected chi connectivity index (χ4v) is 1.67. The number of guanidine groups is 1. The second-order valence-corrected chi connectivity index (χ2v) is 4.80. The minimum Gasteiger partial charge on any atom is -0.357 e. The highest BCUT2D eigenvalue weighted by Gasteiger charge is 2.03. The molecular weight excluding hydrogens is 392 g/mol. The summed E-state index contributed by atoms with van der Waals surface area (Å²) in [5.74, 6) is 0.358. The van der Waals surface area contributed by atoms with Crippen molar-refractivity contribution in [3.63, 3.8) is 0 Å². The molecule has 0 aliphatic heterocycles. The number of aliphatic imine (C=N–C) groups is 1. The molecule has 1 aromatic rings. The lowest BCUT2D eigenvalue weighted by atomic mass is 10.2. The van der Waals surface area contributed by atoms with Gasteiger partial charge < -0.3 is 10.6 Å². The van der Waals surface area contributed by atoms with Crippen LogP contribution in [-0.2, 0) is 6.54 Å². The molecule has 0 fully saturated rings. The zero-order valence-corrected chi connectivity index (χ0v) is 15.1. The lowest BCUT2D eigenvalue weighted by Gasteiger charge is -2.16. The Kier molecular flexibility index (Phi) is 9.92. The zero-order valence-electron chi connectivity index (χ0n) is 12.0. The van der Waals surface area contributed by atoms with Crippen molar-refractivity contribution < 1.29 is 4.39 Å². The maximum Gasteiger partial charge on any atom is 0.191 e. The smallest absolute Gasteiger partial charge is 0.191 e. The molecule has 0 aliphatic rings. The van der Waals surface area contributed by atoms with Crippen LogP contribution in [-0.4, -0.2) is 18.5 Å². The zero-order chi connectivity index (χ0) is 14.3. The van der Waals surface area contributed by atoms with Gasteiger partial charge in [0, 0.05) is 12.6 Å². The van der Waals surface area contributed by atoms with Crippen LogP contribution in [0, 0.1) is 5.82 Å². The number of hydrogen-bond donors (Lipinski definition) is 2. The monoisotopic (exact) mass is 413 g/mol. The number of nitrogens with one attached hydrogen (secondary N) is 2. The van der Waals surface area contributed by atoms with Crippen LogP contribution >= 0.6 is 35.6 Å². The topological polar surface area (TPSA) is 36.4 Å². The van der Waals surface area contributed by atoms with Gasteiger partial charge in [0.1, 0.15) is 5.82 Å². The number of benzene rings is 1. The van der Waals surface area contributed by atoms with Gasteiger partial charge in [0.05, 0.1) is 11.6 Å². The first-order valence-electron chi connectivity index (χ1n) is 6.55. The normalized spacial score (nSPS) is 12.6. The van der Waals surface area contributed by atoms with E-state index in [9.17, 15) is 4.39 Å². The van der Waals surface area contributed by atoms with Gasteiger partial charge in [-0.1, -0.05) is 24.6 Å². The Labute approximate surface area is 142 Å². The largest absolute Gasteiger partial charge is 0.357 e. The summed E-state index contributed by atoms with van der Waals surface area (Å²) in [6.45, 7) is 7.49. The minimum absolute atomic E-state index is 0. The van der Waals surface area contributed by atoms with Crippen molar-refractivity contribution in [1.82, 2.24) is 10.6 Å². The van der Waals surface area contributed by atoms with E-state index in [1.165, 1.54) is 6.07 Å². The maximum atomic E-state index is 13.0. The predicted molar refractivity (Wildman–Crippen MR) is 94.5 cm³/mol. The van der Waals surface area contributed by atoms with E-state index >= 15 is 0 Å². The SMILES string of the molecule is CCNC(=NCc1ccc(F)c(Cl)c1)NC(C)CC.I. The molecular formula is C14H22ClFIN3. The standard InChI is InChI=1S/C14H21ClFN3.HI/c1-4-10(3)19-14(17-5-2)18-9-11-6-7-13(16)12(15)8-11;/h6-8,10H,4-5,9H2,1-3H3,(H2,17,18,19);1H. The van der Waals surface area contributed by atoms with Crippen LogP contribution in [0.2, 0.25) is 5.02 Å². The molecule has 20 heavy (non-hydrogen) atoms. The molecule has 0 amide bonds. The predicted octanol–water partition coefficient (Wildman–Crippen LogP) is 3.95. The van der Waals surface area contributed by atoms with Crippen LogP contribution in [0.15, 0.2) is 23.2 Å². The van der Waals surface area contributed by atoms with Gasteiger partial charge in [0.15, 0.2) is 5.96 Å². The Morgan fingerprint density at radius 2 is 2.10 bits per heavy atom. The van der Waals surface area contributed by atoms with Crippen molar-refractivity contribution >= 4 is 41.5 Å². The number of nitrogens with zero attached hydrogens (tertiary/aromatic N) is 1. The highest BCUT2D eigenvalue weighted by atomic mass is 127. The summed E-state index contributed by atoms with van der Waals surface area (Å²) < 4.78 is 13.0. The lowest BCUT2D eigenvalue weighted by molar-refractivity contribution is 0.623. The van der Waals surface area contributed by atoms with Crippen LogP contribution in [0.1, 0.15) is 32.8 Å². The molecule has 0 aliphatic carbocycles. The first-order valence-corrected chi connectivity index (χ1v) is 6.93. The van der Waals surface area contributed by atoms with Gasteiger partial charge in [-0.05, 0) is 38.0 Å². The van der Waals surface area contributed by atoms with Gasteiger partial charge in [0.2, 0.25) is 0 Å². The number of halogens is 3. The van der Waals surface area contributed by atoms with E-state index in [0.717, 1.165) is 24.5 Å². The van der Waals surface area contributed by atoms with Crippen LogP contribution in [0.4, 0.5) is 4.39 Å². The second-order valence-electron chi connectivity index (χ2n) is 4.40.